The summed E-state index contributed by atoms with van der Waals surface area (Å²) in [6.07, 6.45) is 0.0776. The Morgan fingerprint density at radius 2 is 1.83 bits per heavy atom. The van der Waals surface area contributed by atoms with Gasteiger partial charge in [-0.15, -0.1) is 0 Å². The van der Waals surface area contributed by atoms with Gasteiger partial charge in [-0.1, -0.05) is 12.1 Å². The van der Waals surface area contributed by atoms with E-state index in [1.165, 1.54) is 24.3 Å². The zero-order valence-electron chi connectivity index (χ0n) is 13.2. The third-order valence-electron chi connectivity index (χ3n) is 2.97. The standard InChI is InChI=1S/C15H20N2O6/c1-15(2,3)23-14(20)12(13(18)19)11(16)8-9-4-6-10(7-5-9)17(21)22/h4-7,11-12H,8,16H2,1-3H3,(H,18,19)/t11?,12-/m1/s1. The summed E-state index contributed by atoms with van der Waals surface area (Å²) in [6, 6.07) is 4.54. The molecule has 0 saturated heterocycles. The van der Waals surface area contributed by atoms with E-state index in [1.807, 2.05) is 0 Å². The number of nitro benzene ring substituents is 1. The van der Waals surface area contributed by atoms with Crippen molar-refractivity contribution in [3.05, 3.63) is 39.9 Å². The van der Waals surface area contributed by atoms with Crippen LogP contribution in [0.25, 0.3) is 0 Å². The molecule has 3 N–H and O–H groups in total. The highest BCUT2D eigenvalue weighted by Crippen LogP contribution is 2.18. The second kappa shape index (κ2) is 7.19. The molecule has 0 amide bonds. The summed E-state index contributed by atoms with van der Waals surface area (Å²) in [5.74, 6) is -3.78. The monoisotopic (exact) mass is 324 g/mol. The summed E-state index contributed by atoms with van der Waals surface area (Å²) in [5.41, 5.74) is 5.55. The molecule has 1 rings (SSSR count). The van der Waals surface area contributed by atoms with Crippen molar-refractivity contribution in [2.24, 2.45) is 11.7 Å². The second-order valence-electron chi connectivity index (χ2n) is 6.14. The van der Waals surface area contributed by atoms with Gasteiger partial charge in [-0.3, -0.25) is 19.7 Å². The summed E-state index contributed by atoms with van der Waals surface area (Å²) >= 11 is 0. The minimum Gasteiger partial charge on any atom is -0.481 e. The van der Waals surface area contributed by atoms with E-state index in [2.05, 4.69) is 0 Å². The van der Waals surface area contributed by atoms with Gasteiger partial charge in [0.15, 0.2) is 5.92 Å². The maximum absolute atomic E-state index is 12.0. The number of hydrogen-bond donors (Lipinski definition) is 2. The third-order valence-corrected chi connectivity index (χ3v) is 2.97. The summed E-state index contributed by atoms with van der Waals surface area (Å²) in [4.78, 5) is 33.4. The van der Waals surface area contributed by atoms with Crippen LogP contribution in [-0.4, -0.2) is 33.6 Å². The molecule has 0 aliphatic carbocycles. The number of carbonyl (C=O) groups excluding carboxylic acids is 1. The topological polar surface area (TPSA) is 133 Å². The lowest BCUT2D eigenvalue weighted by molar-refractivity contribution is -0.384. The van der Waals surface area contributed by atoms with Gasteiger partial charge in [0.2, 0.25) is 0 Å². The number of ether oxygens (including phenoxy) is 1. The highest BCUT2D eigenvalue weighted by molar-refractivity contribution is 5.95. The van der Waals surface area contributed by atoms with Crippen LogP contribution in [0.2, 0.25) is 0 Å². The Balaban J connectivity index is 2.86. The average Bonchev–Trinajstić information content (AvgIpc) is 2.36. The zero-order chi connectivity index (χ0) is 17.8. The molecule has 0 saturated carbocycles. The van der Waals surface area contributed by atoms with Gasteiger partial charge in [0.05, 0.1) is 4.92 Å². The summed E-state index contributed by atoms with van der Waals surface area (Å²) in [7, 11) is 0. The number of nitrogens with zero attached hydrogens (tertiary/aromatic N) is 1. The second-order valence-corrected chi connectivity index (χ2v) is 6.14. The molecule has 1 aromatic carbocycles. The number of rotatable bonds is 6. The summed E-state index contributed by atoms with van der Waals surface area (Å²) in [6.45, 7) is 4.89. The summed E-state index contributed by atoms with van der Waals surface area (Å²) < 4.78 is 5.08. The van der Waals surface area contributed by atoms with E-state index in [-0.39, 0.29) is 12.1 Å². The Bertz CT molecular complexity index is 591. The van der Waals surface area contributed by atoms with Gasteiger partial charge in [0, 0.05) is 18.2 Å². The van der Waals surface area contributed by atoms with Crippen molar-refractivity contribution >= 4 is 17.6 Å². The fraction of sp³-hybridized carbons (Fsp3) is 0.467. The molecule has 0 heterocycles. The molecule has 126 valence electrons. The van der Waals surface area contributed by atoms with Crippen molar-refractivity contribution in [2.45, 2.75) is 38.8 Å². The van der Waals surface area contributed by atoms with Gasteiger partial charge >= 0.3 is 11.9 Å². The van der Waals surface area contributed by atoms with E-state index in [1.54, 1.807) is 20.8 Å². The van der Waals surface area contributed by atoms with E-state index in [9.17, 15) is 24.8 Å². The molecule has 0 aromatic heterocycles. The molecular weight excluding hydrogens is 304 g/mol. The van der Waals surface area contributed by atoms with Crippen LogP contribution in [0.15, 0.2) is 24.3 Å². The maximum atomic E-state index is 12.0. The van der Waals surface area contributed by atoms with Gasteiger partial charge in [-0.2, -0.15) is 0 Å². The first-order valence-corrected chi connectivity index (χ1v) is 6.96. The van der Waals surface area contributed by atoms with Crippen LogP contribution in [-0.2, 0) is 20.7 Å². The third kappa shape index (κ3) is 5.67. The van der Waals surface area contributed by atoms with Gasteiger partial charge in [0.1, 0.15) is 5.60 Å². The van der Waals surface area contributed by atoms with Crippen LogP contribution in [0.1, 0.15) is 26.3 Å². The van der Waals surface area contributed by atoms with Crippen LogP contribution in [0, 0.1) is 16.0 Å². The zero-order valence-corrected chi connectivity index (χ0v) is 13.2. The van der Waals surface area contributed by atoms with E-state index >= 15 is 0 Å². The Kier molecular flexibility index (Phi) is 5.80. The highest BCUT2D eigenvalue weighted by atomic mass is 16.6. The van der Waals surface area contributed by atoms with Gasteiger partial charge in [0.25, 0.3) is 5.69 Å². The van der Waals surface area contributed by atoms with Crippen molar-refractivity contribution in [1.29, 1.82) is 0 Å². The SMILES string of the molecule is CC(C)(C)OC(=O)[C@@H](C(=O)O)C(N)Cc1ccc([N+](=O)[O-])cc1. The van der Waals surface area contributed by atoms with Crippen molar-refractivity contribution in [3.8, 4) is 0 Å². The molecular formula is C15H20N2O6. The Hall–Kier alpha value is -2.48. The Morgan fingerprint density at radius 1 is 1.30 bits per heavy atom. The van der Waals surface area contributed by atoms with E-state index in [0.717, 1.165) is 0 Å². The van der Waals surface area contributed by atoms with E-state index in [0.29, 0.717) is 5.56 Å². The minimum absolute atomic E-state index is 0.0776. The van der Waals surface area contributed by atoms with Crippen LogP contribution in [0.5, 0.6) is 0 Å². The van der Waals surface area contributed by atoms with Crippen LogP contribution in [0.3, 0.4) is 0 Å². The predicted molar refractivity (Wildman–Crippen MR) is 81.7 cm³/mol. The summed E-state index contributed by atoms with van der Waals surface area (Å²) in [5, 5.41) is 19.8. The number of carboxylic acid groups (broad SMARTS) is 1. The molecule has 23 heavy (non-hydrogen) atoms. The molecule has 8 heteroatoms. The molecule has 0 bridgehead atoms. The number of nitrogens with two attached hydrogens (primary N) is 1. The quantitative estimate of drug-likeness (QED) is 0.350. The number of carboxylic acids is 1. The molecule has 0 fully saturated rings. The molecule has 1 unspecified atom stereocenters. The lowest BCUT2D eigenvalue weighted by Gasteiger charge is -2.25. The van der Waals surface area contributed by atoms with Gasteiger partial charge < -0.3 is 15.6 Å². The first kappa shape index (κ1) is 18.6. The fourth-order valence-corrected chi connectivity index (χ4v) is 1.97. The average molecular weight is 324 g/mol. The Labute approximate surface area is 133 Å². The van der Waals surface area contributed by atoms with Crippen LogP contribution in [0.4, 0.5) is 5.69 Å². The highest BCUT2D eigenvalue weighted by Gasteiger charge is 2.36. The van der Waals surface area contributed by atoms with E-state index in [4.69, 9.17) is 10.5 Å². The predicted octanol–water partition coefficient (Wildman–Crippen LogP) is 1.51. The number of esters is 1. The Morgan fingerprint density at radius 3 is 2.22 bits per heavy atom. The molecule has 0 spiro atoms. The largest absolute Gasteiger partial charge is 0.481 e. The smallest absolute Gasteiger partial charge is 0.322 e. The van der Waals surface area contributed by atoms with Gasteiger partial charge in [-0.25, -0.2) is 0 Å². The lowest BCUT2D eigenvalue weighted by Crippen LogP contribution is -2.45. The normalized spacial score (nSPS) is 13.9. The lowest BCUT2D eigenvalue weighted by atomic mass is 9.94. The number of benzene rings is 1. The number of aliphatic carboxylic acids is 1. The first-order chi connectivity index (χ1) is 10.5. The van der Waals surface area contributed by atoms with Crippen molar-refractivity contribution in [1.82, 2.24) is 0 Å². The number of hydrogen-bond acceptors (Lipinski definition) is 6. The van der Waals surface area contributed by atoms with Crippen molar-refractivity contribution < 1.29 is 24.4 Å². The molecule has 0 radical (unpaired) electrons. The number of non-ortho nitro benzene ring substituents is 1. The fourth-order valence-electron chi connectivity index (χ4n) is 1.97. The minimum atomic E-state index is -1.51. The van der Waals surface area contributed by atoms with Crippen molar-refractivity contribution in [3.63, 3.8) is 0 Å². The van der Waals surface area contributed by atoms with Crippen LogP contribution < -0.4 is 5.73 Å². The first-order valence-electron chi connectivity index (χ1n) is 6.96. The molecule has 2 atom stereocenters. The maximum Gasteiger partial charge on any atom is 0.322 e. The molecule has 1 aromatic rings. The molecule has 0 aliphatic heterocycles. The van der Waals surface area contributed by atoms with Crippen LogP contribution >= 0.6 is 0 Å². The molecule has 0 aliphatic rings. The molecule has 8 nitrogen and oxygen atoms in total. The van der Waals surface area contributed by atoms with Gasteiger partial charge in [-0.05, 0) is 32.8 Å². The number of carbonyl (C=O) groups is 2. The van der Waals surface area contributed by atoms with Crippen molar-refractivity contribution in [2.75, 3.05) is 0 Å². The van der Waals surface area contributed by atoms with E-state index < -0.39 is 34.4 Å². The number of nitro groups is 1.